The molecule has 0 saturated carbocycles. The van der Waals surface area contributed by atoms with Crippen molar-refractivity contribution in [3.8, 4) is 0 Å². The number of aliphatic carboxylic acids is 2. The van der Waals surface area contributed by atoms with Gasteiger partial charge in [0, 0.05) is 11.9 Å². The number of rotatable bonds is 38. The fourth-order valence-corrected chi connectivity index (χ4v) is 7.23. The summed E-state index contributed by atoms with van der Waals surface area (Å²) in [6.45, 7) is 5.07. The Hall–Kier alpha value is -1.21. The molecule has 332 valence electrons. The quantitative estimate of drug-likeness (QED) is 0.0501. The van der Waals surface area contributed by atoms with Gasteiger partial charge in [-0.05, 0) is 89.2 Å². The van der Waals surface area contributed by atoms with E-state index in [1.54, 1.807) is 0 Å². The molecule has 0 amide bonds. The van der Waals surface area contributed by atoms with E-state index in [1.807, 2.05) is 26.0 Å². The molecule has 2 aromatic carbocycles. The van der Waals surface area contributed by atoms with E-state index < -0.39 is 11.9 Å². The van der Waals surface area contributed by atoms with Crippen LogP contribution in [0.1, 0.15) is 205 Å². The number of unbranched alkanes of at least 4 members (excludes halogenated alkanes) is 16. The predicted molar refractivity (Wildman–Crippen MR) is 238 cm³/mol. The van der Waals surface area contributed by atoms with Crippen LogP contribution in [-0.2, 0) is 32.3 Å². The molecule has 0 saturated heterocycles. The molecule has 4 atom stereocenters. The number of ether oxygens (including phenoxy) is 2. The molecule has 0 aliphatic heterocycles. The van der Waals surface area contributed by atoms with Crippen molar-refractivity contribution in [2.75, 3.05) is 0 Å². The van der Waals surface area contributed by atoms with E-state index in [-0.39, 0.29) is 73.9 Å². The average molecular weight is 949 g/mol. The fourth-order valence-electron chi connectivity index (χ4n) is 7.23. The molecule has 0 fully saturated rings. The first-order valence-corrected chi connectivity index (χ1v) is 23.2. The molecule has 0 aromatic heterocycles. The van der Waals surface area contributed by atoms with Crippen LogP contribution < -0.4 is 10.2 Å². The van der Waals surface area contributed by atoms with Gasteiger partial charge in [0.25, 0.3) is 0 Å². The maximum Gasteiger partial charge on any atom is 2.00 e. The minimum atomic E-state index is -0.933. The summed E-state index contributed by atoms with van der Waals surface area (Å²) in [6.07, 6.45) is 28.9. The number of aliphatic hydroxyl groups excluding tert-OH is 2. The van der Waals surface area contributed by atoms with Crippen molar-refractivity contribution in [1.29, 1.82) is 0 Å². The Morgan fingerprint density at radius 2 is 0.695 bits per heavy atom. The molecule has 2 aromatic rings. The third-order valence-electron chi connectivity index (χ3n) is 10.8. The first kappa shape index (κ1) is 57.8. The number of carboxylic acids is 2. The van der Waals surface area contributed by atoms with E-state index >= 15 is 0 Å². The fraction of sp³-hybridized carbons (Fsp3) is 0.720. The van der Waals surface area contributed by atoms with Gasteiger partial charge in [-0.1, -0.05) is 176 Å². The van der Waals surface area contributed by atoms with E-state index in [1.165, 1.54) is 62.5 Å². The Kier molecular flexibility index (Phi) is 41.2. The van der Waals surface area contributed by atoms with Crippen LogP contribution in [0.3, 0.4) is 0 Å². The Balaban J connectivity index is 0.00000112. The smallest absolute Gasteiger partial charge is 0.550 e. The number of hydrogen-bond donors (Lipinski definition) is 2. The minimum absolute atomic E-state index is 0. The summed E-state index contributed by atoms with van der Waals surface area (Å²) in [5.41, 5.74) is 2.45. The van der Waals surface area contributed by atoms with E-state index in [0.717, 1.165) is 116 Å². The van der Waals surface area contributed by atoms with Crippen LogP contribution in [0, 0.1) is 0 Å². The zero-order chi connectivity index (χ0) is 42.3. The Morgan fingerprint density at radius 1 is 0.441 bits per heavy atom. The van der Waals surface area contributed by atoms with Gasteiger partial charge in [0.1, 0.15) is 0 Å². The Morgan fingerprint density at radius 3 is 0.983 bits per heavy atom. The van der Waals surface area contributed by atoms with Crippen LogP contribution >= 0.6 is 0 Å². The van der Waals surface area contributed by atoms with Crippen molar-refractivity contribution in [3.05, 3.63) is 71.8 Å². The molecule has 0 heterocycles. The van der Waals surface area contributed by atoms with Crippen molar-refractivity contribution in [2.24, 2.45) is 0 Å². The number of benzene rings is 2. The van der Waals surface area contributed by atoms with Crippen LogP contribution in [-0.4, -0.2) is 95.4 Å². The normalized spacial score (nSPS) is 13.1. The summed E-state index contributed by atoms with van der Waals surface area (Å²) in [4.78, 5) is 20.8. The summed E-state index contributed by atoms with van der Waals surface area (Å²) in [5, 5.41) is 39.5. The van der Waals surface area contributed by atoms with Crippen LogP contribution in [0.4, 0.5) is 0 Å². The van der Waals surface area contributed by atoms with Crippen molar-refractivity contribution in [2.45, 2.75) is 231 Å². The summed E-state index contributed by atoms with van der Waals surface area (Å²) in [7, 11) is 0. The number of carbonyl (C=O) groups is 2. The van der Waals surface area contributed by atoms with Crippen molar-refractivity contribution < 1.29 is 39.5 Å². The zero-order valence-electron chi connectivity index (χ0n) is 37.3. The third-order valence-corrected chi connectivity index (χ3v) is 10.8. The molecule has 4 unspecified atom stereocenters. The molecule has 9 heteroatoms. The molecule has 0 radical (unpaired) electrons. The molecule has 0 bridgehead atoms. The van der Waals surface area contributed by atoms with Gasteiger partial charge in [-0.2, -0.15) is 0 Å². The molecule has 0 spiro atoms. The second-order valence-corrected chi connectivity index (χ2v) is 16.6. The second-order valence-electron chi connectivity index (χ2n) is 16.6. The van der Waals surface area contributed by atoms with Gasteiger partial charge in [0.05, 0.1) is 37.6 Å². The number of hydrogen-bond acceptors (Lipinski definition) is 8. The standard InChI is InChI=1S/2C25H42O4.Ba/c2*1-22(26)15-9-7-13-19-24(29-21-23-16-10-8-11-17-23)18-12-5-3-2-4-6-14-20-25(27)28;/h2*8,10-11,16-17,22,24,26H,2-7,9,12-15,18-21H2,1H3,(H,27,28);/q;;+2/p-2. The molecule has 2 N–H and O–H groups in total. The van der Waals surface area contributed by atoms with Gasteiger partial charge >= 0.3 is 48.9 Å². The van der Waals surface area contributed by atoms with Crippen molar-refractivity contribution >= 4 is 60.8 Å². The van der Waals surface area contributed by atoms with Crippen molar-refractivity contribution in [3.63, 3.8) is 0 Å². The van der Waals surface area contributed by atoms with Crippen LogP contribution in [0.5, 0.6) is 0 Å². The predicted octanol–water partition coefficient (Wildman–Crippen LogP) is 9.95. The van der Waals surface area contributed by atoms with Gasteiger partial charge in [0.2, 0.25) is 0 Å². The first-order chi connectivity index (χ1) is 28.2. The molecular formula is C50H82BaO8. The van der Waals surface area contributed by atoms with Crippen LogP contribution in [0.25, 0.3) is 0 Å². The van der Waals surface area contributed by atoms with Crippen LogP contribution in [0.15, 0.2) is 60.7 Å². The van der Waals surface area contributed by atoms with Gasteiger partial charge in [0.15, 0.2) is 0 Å². The van der Waals surface area contributed by atoms with Gasteiger partial charge in [-0.15, -0.1) is 0 Å². The van der Waals surface area contributed by atoms with Crippen molar-refractivity contribution in [1.82, 2.24) is 0 Å². The summed E-state index contributed by atoms with van der Waals surface area (Å²) in [5.74, 6) is -1.87. The zero-order valence-corrected chi connectivity index (χ0v) is 41.8. The SMILES string of the molecule is CC(O)CCCCCC(CCCCCCCCCC(=O)[O-])OCc1ccccc1.CC(O)CCCCCC(CCCCCCCCCC(=O)[O-])OCc1ccccc1.[Ba+2]. The van der Waals surface area contributed by atoms with Gasteiger partial charge in [-0.25, -0.2) is 0 Å². The molecular weight excluding hydrogens is 866 g/mol. The van der Waals surface area contributed by atoms with Crippen LogP contribution in [0.2, 0.25) is 0 Å². The summed E-state index contributed by atoms with van der Waals surface area (Å²) in [6, 6.07) is 20.7. The van der Waals surface area contributed by atoms with Gasteiger partial charge < -0.3 is 39.5 Å². The Bertz CT molecular complexity index is 1100. The average Bonchev–Trinajstić information content (AvgIpc) is 3.20. The number of aliphatic hydroxyl groups is 2. The van der Waals surface area contributed by atoms with E-state index in [9.17, 15) is 30.0 Å². The molecule has 0 aliphatic rings. The first-order valence-electron chi connectivity index (χ1n) is 23.2. The van der Waals surface area contributed by atoms with E-state index in [0.29, 0.717) is 25.4 Å². The second kappa shape index (κ2) is 42.1. The summed E-state index contributed by atoms with van der Waals surface area (Å²) < 4.78 is 12.5. The molecule has 0 aliphatic carbocycles. The maximum atomic E-state index is 10.4. The topological polar surface area (TPSA) is 139 Å². The molecule has 2 rings (SSSR count). The molecule has 59 heavy (non-hydrogen) atoms. The maximum absolute atomic E-state index is 10.4. The monoisotopic (exact) mass is 949 g/mol. The van der Waals surface area contributed by atoms with E-state index in [2.05, 4.69) is 48.5 Å². The Labute approximate surface area is 400 Å². The minimum Gasteiger partial charge on any atom is -0.550 e. The number of carboxylic acid groups (broad SMARTS) is 2. The van der Waals surface area contributed by atoms with Gasteiger partial charge in [-0.3, -0.25) is 0 Å². The largest absolute Gasteiger partial charge is 2.00 e. The third kappa shape index (κ3) is 40.6. The summed E-state index contributed by atoms with van der Waals surface area (Å²) >= 11 is 0. The number of carbonyl (C=O) groups excluding carboxylic acids is 2. The molecule has 8 nitrogen and oxygen atoms in total. The van der Waals surface area contributed by atoms with E-state index in [4.69, 9.17) is 9.47 Å².